The number of sulfonamides is 1. The summed E-state index contributed by atoms with van der Waals surface area (Å²) in [5.41, 5.74) is 2.29. The van der Waals surface area contributed by atoms with Gasteiger partial charge in [0, 0.05) is 18.8 Å². The minimum absolute atomic E-state index is 0.0619. The van der Waals surface area contributed by atoms with Crippen molar-refractivity contribution in [2.24, 2.45) is 5.84 Å². The Morgan fingerprint density at radius 3 is 2.71 bits per heavy atom. The van der Waals surface area contributed by atoms with E-state index in [1.165, 1.54) is 12.3 Å². The van der Waals surface area contributed by atoms with E-state index < -0.39 is 10.0 Å². The van der Waals surface area contributed by atoms with Crippen molar-refractivity contribution in [1.82, 2.24) is 14.6 Å². The van der Waals surface area contributed by atoms with Crippen molar-refractivity contribution in [3.8, 4) is 0 Å². The van der Waals surface area contributed by atoms with E-state index in [4.69, 9.17) is 5.84 Å². The number of anilines is 1. The number of nitrogen functional groups attached to an aromatic ring is 1. The molecule has 0 aliphatic rings. The first-order valence-electron chi connectivity index (χ1n) is 7.00. The zero-order valence-electron chi connectivity index (χ0n) is 12.8. The van der Waals surface area contributed by atoms with Crippen molar-refractivity contribution in [2.45, 2.75) is 37.6 Å². The van der Waals surface area contributed by atoms with Crippen LogP contribution in [-0.4, -0.2) is 44.5 Å². The van der Waals surface area contributed by atoms with Gasteiger partial charge >= 0.3 is 0 Å². The van der Waals surface area contributed by atoms with Crippen LogP contribution in [0.5, 0.6) is 0 Å². The molecule has 0 unspecified atom stereocenters. The second-order valence-corrected chi connectivity index (χ2v) is 6.91. The summed E-state index contributed by atoms with van der Waals surface area (Å²) in [7, 11) is -1.53. The Labute approximate surface area is 127 Å². The Hall–Kier alpha value is -1.22. The number of hydrazine groups is 1. The van der Waals surface area contributed by atoms with Crippen LogP contribution >= 0.6 is 0 Å². The molecule has 1 rings (SSSR count). The van der Waals surface area contributed by atoms with Crippen LogP contribution in [0.3, 0.4) is 0 Å². The van der Waals surface area contributed by atoms with Crippen molar-refractivity contribution < 1.29 is 8.42 Å². The minimum Gasteiger partial charge on any atom is -0.307 e. The van der Waals surface area contributed by atoms with E-state index in [0.29, 0.717) is 12.6 Å². The molecule has 1 heterocycles. The highest BCUT2D eigenvalue weighted by molar-refractivity contribution is 7.89. The molecule has 0 aromatic carbocycles. The van der Waals surface area contributed by atoms with Gasteiger partial charge in [0.1, 0.15) is 4.90 Å². The summed E-state index contributed by atoms with van der Waals surface area (Å²) in [5, 5.41) is 0. The van der Waals surface area contributed by atoms with Crippen molar-refractivity contribution in [3.63, 3.8) is 0 Å². The fourth-order valence-electron chi connectivity index (χ4n) is 1.74. The molecular weight excluding hydrogens is 290 g/mol. The van der Waals surface area contributed by atoms with Gasteiger partial charge in [0.2, 0.25) is 10.0 Å². The fraction of sp³-hybridized carbons (Fsp3) is 0.615. The average molecular weight is 315 g/mol. The van der Waals surface area contributed by atoms with Gasteiger partial charge in [-0.05, 0) is 52.4 Å². The zero-order valence-corrected chi connectivity index (χ0v) is 13.7. The van der Waals surface area contributed by atoms with Gasteiger partial charge in [0.25, 0.3) is 0 Å². The SMILES string of the molecule is CC(C)N(C)CCCCNS(=O)(=O)c1cccnc1NN. The monoisotopic (exact) mass is 315 g/mol. The molecule has 0 atom stereocenters. The molecule has 0 radical (unpaired) electrons. The van der Waals surface area contributed by atoms with Crippen molar-refractivity contribution in [2.75, 3.05) is 25.6 Å². The Kier molecular flexibility index (Phi) is 7.03. The molecule has 0 saturated heterocycles. The topological polar surface area (TPSA) is 100 Å². The van der Waals surface area contributed by atoms with Crippen LogP contribution in [0.15, 0.2) is 23.2 Å². The van der Waals surface area contributed by atoms with Crippen LogP contribution in [0, 0.1) is 0 Å². The maximum absolute atomic E-state index is 12.2. The lowest BCUT2D eigenvalue weighted by atomic mass is 10.2. The highest BCUT2D eigenvalue weighted by atomic mass is 32.2. The van der Waals surface area contributed by atoms with Crippen LogP contribution in [-0.2, 0) is 10.0 Å². The van der Waals surface area contributed by atoms with Crippen LogP contribution in [0.2, 0.25) is 0 Å². The van der Waals surface area contributed by atoms with Crippen LogP contribution in [0.1, 0.15) is 26.7 Å². The highest BCUT2D eigenvalue weighted by Gasteiger charge is 2.18. The summed E-state index contributed by atoms with van der Waals surface area (Å²) in [4.78, 5) is 6.18. The number of unbranched alkanes of at least 4 members (excludes halogenated alkanes) is 1. The molecule has 0 bridgehead atoms. The van der Waals surface area contributed by atoms with Gasteiger partial charge in [0.15, 0.2) is 5.82 Å². The summed E-state index contributed by atoms with van der Waals surface area (Å²) in [6.45, 7) is 5.61. The van der Waals surface area contributed by atoms with Crippen LogP contribution < -0.4 is 16.0 Å². The summed E-state index contributed by atoms with van der Waals surface area (Å²) in [5.74, 6) is 5.42. The summed E-state index contributed by atoms with van der Waals surface area (Å²) < 4.78 is 26.9. The molecule has 0 saturated carbocycles. The van der Waals surface area contributed by atoms with E-state index in [-0.39, 0.29) is 10.7 Å². The van der Waals surface area contributed by atoms with Gasteiger partial charge in [-0.3, -0.25) is 0 Å². The first-order valence-corrected chi connectivity index (χ1v) is 8.48. The number of aromatic nitrogens is 1. The fourth-order valence-corrected chi connectivity index (χ4v) is 2.94. The third-order valence-corrected chi connectivity index (χ3v) is 4.80. The Bertz CT molecular complexity index is 533. The molecule has 8 heteroatoms. The molecule has 0 aliphatic carbocycles. The van der Waals surface area contributed by atoms with E-state index in [1.54, 1.807) is 6.07 Å². The predicted octanol–water partition coefficient (Wildman–Crippen LogP) is 0.766. The molecule has 0 aliphatic heterocycles. The Morgan fingerprint density at radius 2 is 2.10 bits per heavy atom. The van der Waals surface area contributed by atoms with Crippen LogP contribution in [0.25, 0.3) is 0 Å². The standard InChI is InChI=1S/C13H25N5O2S/c1-11(2)18(3)10-5-4-9-16-21(19,20)12-7-6-8-15-13(12)17-14/h6-8,11,16H,4-5,9-10,14H2,1-3H3,(H,15,17). The third-order valence-electron chi connectivity index (χ3n) is 3.31. The number of nitrogens with zero attached hydrogens (tertiary/aromatic N) is 2. The van der Waals surface area contributed by atoms with Gasteiger partial charge in [-0.1, -0.05) is 0 Å². The number of nitrogens with one attached hydrogen (secondary N) is 2. The van der Waals surface area contributed by atoms with E-state index in [0.717, 1.165) is 19.4 Å². The molecule has 0 amide bonds. The molecule has 120 valence electrons. The second kappa shape index (κ2) is 8.28. The lowest BCUT2D eigenvalue weighted by molar-refractivity contribution is 0.268. The lowest BCUT2D eigenvalue weighted by Gasteiger charge is -2.20. The maximum Gasteiger partial charge on any atom is 0.244 e. The van der Waals surface area contributed by atoms with Gasteiger partial charge in [-0.25, -0.2) is 24.0 Å². The van der Waals surface area contributed by atoms with Gasteiger partial charge < -0.3 is 10.3 Å². The smallest absolute Gasteiger partial charge is 0.244 e. The van der Waals surface area contributed by atoms with Gasteiger partial charge in [-0.15, -0.1) is 0 Å². The Morgan fingerprint density at radius 1 is 1.38 bits per heavy atom. The molecule has 1 aromatic heterocycles. The zero-order chi connectivity index (χ0) is 15.9. The second-order valence-electron chi connectivity index (χ2n) is 5.17. The molecular formula is C13H25N5O2S. The van der Waals surface area contributed by atoms with E-state index in [9.17, 15) is 8.42 Å². The van der Waals surface area contributed by atoms with Gasteiger partial charge in [-0.2, -0.15) is 0 Å². The van der Waals surface area contributed by atoms with E-state index in [2.05, 4.69) is 40.9 Å². The minimum atomic E-state index is -3.59. The first-order chi connectivity index (χ1) is 9.88. The lowest BCUT2D eigenvalue weighted by Crippen LogP contribution is -2.29. The molecule has 4 N–H and O–H groups in total. The third kappa shape index (κ3) is 5.58. The normalized spacial score (nSPS) is 12.1. The predicted molar refractivity (Wildman–Crippen MR) is 84.2 cm³/mol. The quantitative estimate of drug-likeness (QED) is 0.353. The van der Waals surface area contributed by atoms with Crippen molar-refractivity contribution >= 4 is 15.8 Å². The molecule has 21 heavy (non-hydrogen) atoms. The number of nitrogens with two attached hydrogens (primary N) is 1. The first kappa shape index (κ1) is 17.8. The summed E-state index contributed by atoms with van der Waals surface area (Å²) in [6, 6.07) is 3.53. The number of hydrogen-bond acceptors (Lipinski definition) is 6. The summed E-state index contributed by atoms with van der Waals surface area (Å²) >= 11 is 0. The molecule has 1 aromatic rings. The van der Waals surface area contributed by atoms with Gasteiger partial charge in [0.05, 0.1) is 0 Å². The highest BCUT2D eigenvalue weighted by Crippen LogP contribution is 2.16. The largest absolute Gasteiger partial charge is 0.307 e. The number of rotatable bonds is 9. The number of pyridine rings is 1. The van der Waals surface area contributed by atoms with Crippen molar-refractivity contribution in [1.29, 1.82) is 0 Å². The molecule has 0 fully saturated rings. The maximum atomic E-state index is 12.2. The molecule has 7 nitrogen and oxygen atoms in total. The average Bonchev–Trinajstić information content (AvgIpc) is 2.46. The van der Waals surface area contributed by atoms with E-state index >= 15 is 0 Å². The van der Waals surface area contributed by atoms with E-state index in [1.807, 2.05) is 0 Å². The Balaban J connectivity index is 2.47. The summed E-state index contributed by atoms with van der Waals surface area (Å²) in [6.07, 6.45) is 3.20. The molecule has 0 spiro atoms. The number of hydrogen-bond donors (Lipinski definition) is 3. The van der Waals surface area contributed by atoms with Crippen molar-refractivity contribution in [3.05, 3.63) is 18.3 Å². The van der Waals surface area contributed by atoms with Crippen LogP contribution in [0.4, 0.5) is 5.82 Å².